The molecule has 244 valence electrons. The van der Waals surface area contributed by atoms with Gasteiger partial charge in [0.15, 0.2) is 0 Å². The Hall–Kier alpha value is -4.16. The lowest BCUT2D eigenvalue weighted by molar-refractivity contribution is -0.172. The number of carbonyl (C=O) groups excluding carboxylic acids is 3. The number of benzene rings is 1. The summed E-state index contributed by atoms with van der Waals surface area (Å²) in [5.74, 6) is 4.77. The number of aromatic nitrogens is 1. The molecule has 1 saturated heterocycles. The van der Waals surface area contributed by atoms with Crippen LogP contribution in [0, 0.1) is 34.5 Å². The summed E-state index contributed by atoms with van der Waals surface area (Å²) in [6.45, 7) is 14.4. The van der Waals surface area contributed by atoms with Gasteiger partial charge in [-0.15, -0.1) is 5.92 Å². The Morgan fingerprint density at radius 2 is 1.91 bits per heavy atom. The number of nitrogens with zero attached hydrogens (tertiary/aromatic N) is 3. The van der Waals surface area contributed by atoms with Crippen LogP contribution in [-0.4, -0.2) is 66.1 Å². The third-order valence-corrected chi connectivity index (χ3v) is 7.91. The van der Waals surface area contributed by atoms with Gasteiger partial charge in [0.2, 0.25) is 12.3 Å². The summed E-state index contributed by atoms with van der Waals surface area (Å²) in [7, 11) is 0.926. The fraction of sp³-hybridized carbons (Fsp3) is 0.545. The van der Waals surface area contributed by atoms with Gasteiger partial charge in [0.05, 0.1) is 24.2 Å². The molecule has 12 heteroatoms. The average Bonchev–Trinajstić information content (AvgIpc) is 3.63. The molecule has 0 spiro atoms. The molecule has 2 heterocycles. The lowest BCUT2D eigenvalue weighted by Gasteiger charge is -2.23. The minimum absolute atomic E-state index is 0.0454. The van der Waals surface area contributed by atoms with E-state index in [-0.39, 0.29) is 23.0 Å². The first kappa shape index (κ1) is 37.0. The second-order valence-corrected chi connectivity index (χ2v) is 12.2. The maximum Gasteiger partial charge on any atom is 0.471 e. The SMILES string of the molecule is CC#Cc1cccc2cncc(C(C#N)NC=O)c12.CC1CN(C(=O)C[C@@H](C)OC2(C)CC2)CC1(C)C.CNC(=O)C(F)(F)F. The molecule has 0 radical (unpaired) electrons. The Balaban J connectivity index is 0.000000255. The molecular formula is C33H42F3N5O4. The van der Waals surface area contributed by atoms with Crippen LogP contribution in [0.25, 0.3) is 10.8 Å². The standard InChI is InChI=1S/C15H11N3O.C15H27NO2.C3H4F3NO/c1-2-4-11-5-3-6-12-8-17-9-13(15(11)12)14(7-16)18-10-19;1-11-9-16(10-14(11,3)4)13(17)8-12(2)18-15(5)6-7-15;1-7-2(8)3(4,5)6/h3,5-6,8-10,14H,1H3,(H,18,19);11-12H,6-10H2,1-5H3;1H3,(H,7,8)/t;11?,12-;/m.1./s1. The molecule has 3 amide bonds. The Morgan fingerprint density at radius 3 is 2.38 bits per heavy atom. The smallest absolute Gasteiger partial charge is 0.372 e. The zero-order chi connectivity index (χ0) is 34.0. The van der Waals surface area contributed by atoms with Crippen LogP contribution in [0.5, 0.6) is 0 Å². The summed E-state index contributed by atoms with van der Waals surface area (Å²) in [5, 5.41) is 14.8. The summed E-state index contributed by atoms with van der Waals surface area (Å²) >= 11 is 0. The van der Waals surface area contributed by atoms with E-state index < -0.39 is 18.1 Å². The normalized spacial score (nSPS) is 18.7. The minimum atomic E-state index is -4.74. The molecule has 2 fully saturated rings. The molecule has 2 aromatic rings. The third-order valence-electron chi connectivity index (χ3n) is 7.91. The Bertz CT molecular complexity index is 1450. The van der Waals surface area contributed by atoms with E-state index in [4.69, 9.17) is 10.00 Å². The molecule has 1 aliphatic heterocycles. The molecule has 0 bridgehead atoms. The molecule has 9 nitrogen and oxygen atoms in total. The lowest BCUT2D eigenvalue weighted by Crippen LogP contribution is -2.33. The predicted octanol–water partition coefficient (Wildman–Crippen LogP) is 5.05. The highest BCUT2D eigenvalue weighted by atomic mass is 19.4. The van der Waals surface area contributed by atoms with E-state index in [1.807, 2.05) is 30.0 Å². The van der Waals surface area contributed by atoms with Gasteiger partial charge in [-0.05, 0) is 51.0 Å². The van der Waals surface area contributed by atoms with Crippen LogP contribution >= 0.6 is 0 Å². The number of likely N-dealkylation sites (tertiary alicyclic amines) is 1. The second kappa shape index (κ2) is 15.7. The maximum absolute atomic E-state index is 12.2. The molecule has 3 atom stereocenters. The number of halogens is 3. The van der Waals surface area contributed by atoms with E-state index in [9.17, 15) is 27.6 Å². The number of fused-ring (bicyclic) bond motifs is 1. The number of hydrogen-bond acceptors (Lipinski definition) is 6. The van der Waals surface area contributed by atoms with Crippen LogP contribution in [-0.2, 0) is 19.1 Å². The molecular weight excluding hydrogens is 587 g/mol. The summed E-state index contributed by atoms with van der Waals surface area (Å²) < 4.78 is 39.0. The number of nitrogens with one attached hydrogen (secondary N) is 2. The summed E-state index contributed by atoms with van der Waals surface area (Å²) in [6, 6.07) is 7.00. The highest BCUT2D eigenvalue weighted by molar-refractivity contribution is 5.91. The number of hydrogen-bond donors (Lipinski definition) is 2. The molecule has 2 aliphatic rings. The van der Waals surface area contributed by atoms with Crippen molar-refractivity contribution in [2.75, 3.05) is 20.1 Å². The van der Waals surface area contributed by atoms with Crippen LogP contribution in [0.15, 0.2) is 30.6 Å². The molecule has 1 aliphatic carbocycles. The number of ether oxygens (including phenoxy) is 1. The highest BCUT2D eigenvalue weighted by Crippen LogP contribution is 2.40. The van der Waals surface area contributed by atoms with Gasteiger partial charge in [0, 0.05) is 54.4 Å². The summed E-state index contributed by atoms with van der Waals surface area (Å²) in [6.07, 6.45) is 1.93. The number of carbonyl (C=O) groups is 3. The molecule has 1 saturated carbocycles. The third kappa shape index (κ3) is 10.8. The van der Waals surface area contributed by atoms with Crippen LogP contribution in [0.1, 0.15) is 78.0 Å². The van der Waals surface area contributed by atoms with Crippen LogP contribution in [0.4, 0.5) is 13.2 Å². The molecule has 1 aromatic carbocycles. The second-order valence-electron chi connectivity index (χ2n) is 12.2. The van der Waals surface area contributed by atoms with Crippen molar-refractivity contribution in [2.45, 2.75) is 84.7 Å². The predicted molar refractivity (Wildman–Crippen MR) is 164 cm³/mol. The number of alkyl halides is 3. The van der Waals surface area contributed by atoms with Gasteiger partial charge in [-0.25, -0.2) is 0 Å². The quantitative estimate of drug-likeness (QED) is 0.326. The monoisotopic (exact) mass is 629 g/mol. The Kier molecular flexibility index (Phi) is 12.9. The molecule has 2 N–H and O–H groups in total. The van der Waals surface area contributed by atoms with E-state index in [0.717, 1.165) is 49.3 Å². The number of nitriles is 1. The lowest BCUT2D eigenvalue weighted by atomic mass is 9.84. The minimum Gasteiger partial charge on any atom is -0.372 e. The number of amides is 3. The molecule has 45 heavy (non-hydrogen) atoms. The first-order valence-corrected chi connectivity index (χ1v) is 14.6. The van der Waals surface area contributed by atoms with E-state index in [1.54, 1.807) is 19.3 Å². The fourth-order valence-electron chi connectivity index (χ4n) is 4.80. The van der Waals surface area contributed by atoms with Gasteiger partial charge in [0.25, 0.3) is 0 Å². The van der Waals surface area contributed by atoms with Crippen molar-refractivity contribution < 1.29 is 32.3 Å². The summed E-state index contributed by atoms with van der Waals surface area (Å²) in [4.78, 5) is 38.5. The van der Waals surface area contributed by atoms with Gasteiger partial charge in [-0.1, -0.05) is 38.8 Å². The highest BCUT2D eigenvalue weighted by Gasteiger charge is 2.42. The molecule has 1 aromatic heterocycles. The van der Waals surface area contributed by atoms with Crippen molar-refractivity contribution in [1.29, 1.82) is 5.26 Å². The topological polar surface area (TPSA) is 124 Å². The van der Waals surface area contributed by atoms with Gasteiger partial charge in [0.1, 0.15) is 6.04 Å². The maximum atomic E-state index is 12.2. The van der Waals surface area contributed by atoms with Crippen molar-refractivity contribution >= 4 is 29.0 Å². The van der Waals surface area contributed by atoms with Crippen LogP contribution < -0.4 is 10.6 Å². The van der Waals surface area contributed by atoms with Crippen LogP contribution in [0.3, 0.4) is 0 Å². The van der Waals surface area contributed by atoms with E-state index in [0.29, 0.717) is 24.3 Å². The van der Waals surface area contributed by atoms with Gasteiger partial charge >= 0.3 is 12.1 Å². The van der Waals surface area contributed by atoms with Gasteiger partial charge in [-0.2, -0.15) is 18.4 Å². The van der Waals surface area contributed by atoms with Crippen molar-refractivity contribution in [3.63, 3.8) is 0 Å². The first-order valence-electron chi connectivity index (χ1n) is 14.6. The largest absolute Gasteiger partial charge is 0.471 e. The van der Waals surface area contributed by atoms with Crippen molar-refractivity contribution in [2.24, 2.45) is 11.3 Å². The number of rotatable bonds is 7. The van der Waals surface area contributed by atoms with Crippen LogP contribution in [0.2, 0.25) is 0 Å². The zero-order valence-corrected chi connectivity index (χ0v) is 26.8. The van der Waals surface area contributed by atoms with Crippen molar-refractivity contribution in [1.82, 2.24) is 20.5 Å². The van der Waals surface area contributed by atoms with Crippen molar-refractivity contribution in [3.05, 3.63) is 41.7 Å². The first-order chi connectivity index (χ1) is 21.0. The van der Waals surface area contributed by atoms with Gasteiger partial charge < -0.3 is 20.3 Å². The summed E-state index contributed by atoms with van der Waals surface area (Å²) in [5.41, 5.74) is 1.80. The zero-order valence-electron chi connectivity index (χ0n) is 26.8. The Labute approximate surface area is 262 Å². The van der Waals surface area contributed by atoms with E-state index in [1.165, 1.54) is 5.32 Å². The number of pyridine rings is 1. The molecule has 2 unspecified atom stereocenters. The van der Waals surface area contributed by atoms with E-state index >= 15 is 0 Å². The Morgan fingerprint density at radius 1 is 1.24 bits per heavy atom. The average molecular weight is 630 g/mol. The fourth-order valence-corrected chi connectivity index (χ4v) is 4.80. The van der Waals surface area contributed by atoms with Crippen molar-refractivity contribution in [3.8, 4) is 17.9 Å². The molecule has 4 rings (SSSR count). The van der Waals surface area contributed by atoms with Gasteiger partial charge in [-0.3, -0.25) is 19.4 Å². The van der Waals surface area contributed by atoms with E-state index in [2.05, 4.69) is 55.9 Å².